The van der Waals surface area contributed by atoms with Crippen LogP contribution in [0.15, 0.2) is 55.0 Å². The normalized spacial score (nSPS) is 15.2. The number of H-pyrrole nitrogens is 1. The Kier molecular flexibility index (Phi) is 7.03. The van der Waals surface area contributed by atoms with Crippen molar-refractivity contribution in [1.82, 2.24) is 34.9 Å². The molecule has 0 radical (unpaired) electrons. The lowest BCUT2D eigenvalue weighted by atomic mass is 10.0. The van der Waals surface area contributed by atoms with Gasteiger partial charge >= 0.3 is 0 Å². The second-order valence-electron chi connectivity index (χ2n) is 9.40. The van der Waals surface area contributed by atoms with E-state index in [-0.39, 0.29) is 0 Å². The number of rotatable bonds is 8. The molecule has 0 unspecified atom stereocenters. The Morgan fingerprint density at radius 1 is 0.971 bits per heavy atom. The number of nitrogens with one attached hydrogen (secondary N) is 1. The first-order valence-electron chi connectivity index (χ1n) is 12.1. The van der Waals surface area contributed by atoms with E-state index >= 15 is 0 Å². The minimum atomic E-state index is 0.686. The molecule has 1 saturated heterocycles. The molecule has 1 N–H and O–H groups in total. The predicted molar refractivity (Wildman–Crippen MR) is 139 cm³/mol. The van der Waals surface area contributed by atoms with E-state index in [9.17, 15) is 0 Å². The third-order valence-electron chi connectivity index (χ3n) is 6.65. The number of hydrogen-bond donors (Lipinski definition) is 1. The first-order chi connectivity index (χ1) is 17.1. The van der Waals surface area contributed by atoms with Crippen LogP contribution in [0.2, 0.25) is 0 Å². The van der Waals surface area contributed by atoms with Crippen LogP contribution < -0.4 is 4.74 Å². The number of piperazine rings is 1. The van der Waals surface area contributed by atoms with Crippen LogP contribution in [0.25, 0.3) is 33.4 Å². The number of fused-ring (bicyclic) bond motifs is 1. The van der Waals surface area contributed by atoms with E-state index in [4.69, 9.17) is 4.74 Å². The van der Waals surface area contributed by atoms with Gasteiger partial charge < -0.3 is 9.64 Å². The van der Waals surface area contributed by atoms with Gasteiger partial charge in [0.1, 0.15) is 5.75 Å². The van der Waals surface area contributed by atoms with Crippen molar-refractivity contribution in [3.8, 4) is 28.1 Å². The predicted octanol–water partition coefficient (Wildman–Crippen LogP) is 3.37. The molecule has 0 bridgehead atoms. The third-order valence-corrected chi connectivity index (χ3v) is 6.65. The quantitative estimate of drug-likeness (QED) is 0.422. The van der Waals surface area contributed by atoms with Crippen LogP contribution in [-0.4, -0.2) is 95.3 Å². The van der Waals surface area contributed by atoms with Crippen molar-refractivity contribution in [1.29, 1.82) is 0 Å². The van der Waals surface area contributed by atoms with Gasteiger partial charge in [0.2, 0.25) is 0 Å². The molecular weight excluding hydrogens is 438 g/mol. The fraction of sp³-hybridized carbons (Fsp3) is 0.370. The van der Waals surface area contributed by atoms with Crippen molar-refractivity contribution >= 4 is 11.0 Å². The van der Waals surface area contributed by atoms with Crippen molar-refractivity contribution in [2.24, 2.45) is 0 Å². The molecule has 0 amide bonds. The molecule has 0 atom stereocenters. The summed E-state index contributed by atoms with van der Waals surface area (Å²) in [5, 5.41) is 8.52. The Hall–Kier alpha value is -3.33. The van der Waals surface area contributed by atoms with Crippen LogP contribution in [0.1, 0.15) is 5.56 Å². The summed E-state index contributed by atoms with van der Waals surface area (Å²) in [6.45, 7) is 7.57. The monoisotopic (exact) mass is 471 g/mol. The topological polar surface area (TPSA) is 73.4 Å². The fourth-order valence-corrected chi connectivity index (χ4v) is 4.62. The zero-order valence-electron chi connectivity index (χ0n) is 20.7. The van der Waals surface area contributed by atoms with Gasteiger partial charge in [-0.1, -0.05) is 12.1 Å². The first kappa shape index (κ1) is 23.4. The number of likely N-dealkylation sites (N-methyl/N-ethyl adjacent to an activating group) is 1. The van der Waals surface area contributed by atoms with Crippen LogP contribution in [-0.2, 0) is 6.54 Å². The van der Waals surface area contributed by atoms with E-state index in [2.05, 4.69) is 61.1 Å². The van der Waals surface area contributed by atoms with Crippen LogP contribution in [0.3, 0.4) is 0 Å². The van der Waals surface area contributed by atoms with E-state index in [0.29, 0.717) is 5.65 Å². The summed E-state index contributed by atoms with van der Waals surface area (Å²) in [6.07, 6.45) is 5.76. The number of methoxy groups -OCH3 is 1. The number of benzene rings is 1. The summed E-state index contributed by atoms with van der Waals surface area (Å²) < 4.78 is 5.56. The number of pyridine rings is 2. The molecule has 1 aliphatic rings. The van der Waals surface area contributed by atoms with Crippen LogP contribution in [0.4, 0.5) is 0 Å². The fourth-order valence-electron chi connectivity index (χ4n) is 4.62. The van der Waals surface area contributed by atoms with Gasteiger partial charge in [-0.05, 0) is 43.9 Å². The SMILES string of the molecule is COc1ccccc1-c1[nH]nc2ncc(-c3cncc(CN4CCN(CCN(C)C)CC4)c3)cc12. The van der Waals surface area contributed by atoms with Gasteiger partial charge in [0.25, 0.3) is 0 Å². The largest absolute Gasteiger partial charge is 0.496 e. The number of aromatic amines is 1. The number of nitrogens with zero attached hydrogens (tertiary/aromatic N) is 6. The maximum absolute atomic E-state index is 5.56. The van der Waals surface area contributed by atoms with Crippen molar-refractivity contribution in [3.05, 3.63) is 60.6 Å². The van der Waals surface area contributed by atoms with E-state index in [1.54, 1.807) is 7.11 Å². The average molecular weight is 472 g/mol. The van der Waals surface area contributed by atoms with Crippen molar-refractivity contribution < 1.29 is 4.74 Å². The summed E-state index contributed by atoms with van der Waals surface area (Å²) in [7, 11) is 5.95. The number of para-hydroxylation sites is 1. The lowest BCUT2D eigenvalue weighted by Gasteiger charge is -2.35. The molecule has 8 nitrogen and oxygen atoms in total. The zero-order valence-corrected chi connectivity index (χ0v) is 20.7. The highest BCUT2D eigenvalue weighted by molar-refractivity contribution is 5.94. The van der Waals surface area contributed by atoms with E-state index in [1.807, 2.05) is 42.9 Å². The smallest absolute Gasteiger partial charge is 0.181 e. The Labute approximate surface area is 206 Å². The van der Waals surface area contributed by atoms with Gasteiger partial charge in [-0.25, -0.2) is 4.98 Å². The van der Waals surface area contributed by atoms with Crippen molar-refractivity contribution in [2.45, 2.75) is 6.54 Å². The highest BCUT2D eigenvalue weighted by Gasteiger charge is 2.18. The molecule has 1 aliphatic heterocycles. The first-order valence-corrected chi connectivity index (χ1v) is 12.1. The summed E-state index contributed by atoms with van der Waals surface area (Å²) in [5.74, 6) is 0.800. The van der Waals surface area contributed by atoms with Gasteiger partial charge in [-0.2, -0.15) is 5.10 Å². The van der Waals surface area contributed by atoms with Crippen LogP contribution >= 0.6 is 0 Å². The lowest BCUT2D eigenvalue weighted by molar-refractivity contribution is 0.120. The zero-order chi connectivity index (χ0) is 24.2. The number of hydrogen-bond acceptors (Lipinski definition) is 7. The molecule has 5 rings (SSSR count). The minimum absolute atomic E-state index is 0.686. The lowest BCUT2D eigenvalue weighted by Crippen LogP contribution is -2.47. The summed E-state index contributed by atoms with van der Waals surface area (Å²) in [6, 6.07) is 12.3. The van der Waals surface area contributed by atoms with Gasteiger partial charge in [0.15, 0.2) is 5.65 Å². The maximum atomic E-state index is 5.56. The Morgan fingerprint density at radius 2 is 1.74 bits per heavy atom. The van der Waals surface area contributed by atoms with Crippen LogP contribution in [0.5, 0.6) is 5.75 Å². The molecular formula is C27H33N7O. The van der Waals surface area contributed by atoms with Gasteiger partial charge in [-0.3, -0.25) is 19.9 Å². The molecule has 4 aromatic rings. The van der Waals surface area contributed by atoms with E-state index in [0.717, 1.165) is 79.3 Å². The Bertz CT molecular complexity index is 1280. The van der Waals surface area contributed by atoms with Gasteiger partial charge in [0.05, 0.1) is 12.8 Å². The number of ether oxygens (including phenoxy) is 1. The van der Waals surface area contributed by atoms with Crippen molar-refractivity contribution in [2.75, 3.05) is 60.5 Å². The van der Waals surface area contributed by atoms with Gasteiger partial charge in [0, 0.05) is 86.5 Å². The van der Waals surface area contributed by atoms with E-state index in [1.165, 1.54) is 5.56 Å². The highest BCUT2D eigenvalue weighted by Crippen LogP contribution is 2.34. The second kappa shape index (κ2) is 10.5. The molecule has 35 heavy (non-hydrogen) atoms. The molecule has 3 aromatic heterocycles. The van der Waals surface area contributed by atoms with Crippen molar-refractivity contribution in [3.63, 3.8) is 0 Å². The summed E-state index contributed by atoms with van der Waals surface area (Å²) in [5.41, 5.74) is 5.87. The van der Waals surface area contributed by atoms with Crippen LogP contribution in [0, 0.1) is 0 Å². The Balaban J connectivity index is 1.33. The summed E-state index contributed by atoms with van der Waals surface area (Å²) in [4.78, 5) is 16.5. The Morgan fingerprint density at radius 3 is 2.54 bits per heavy atom. The molecule has 0 spiro atoms. The molecule has 0 saturated carbocycles. The highest BCUT2D eigenvalue weighted by atomic mass is 16.5. The molecule has 1 fully saturated rings. The summed E-state index contributed by atoms with van der Waals surface area (Å²) >= 11 is 0. The standard InChI is InChI=1S/C27H33N7O/c1-32(2)8-9-33-10-12-34(13-11-33)19-20-14-21(17-28-16-20)22-15-24-26(30-31-27(24)29-18-22)23-6-4-5-7-25(23)35-3/h4-7,14-18H,8-13,19H2,1-3H3,(H,29,30,31). The number of aromatic nitrogens is 4. The molecule has 0 aliphatic carbocycles. The average Bonchev–Trinajstić information content (AvgIpc) is 3.31. The van der Waals surface area contributed by atoms with Gasteiger partial charge in [-0.15, -0.1) is 0 Å². The third kappa shape index (κ3) is 5.35. The van der Waals surface area contributed by atoms with E-state index < -0.39 is 0 Å². The molecule has 8 heteroatoms. The molecule has 4 heterocycles. The minimum Gasteiger partial charge on any atom is -0.496 e. The second-order valence-corrected chi connectivity index (χ2v) is 9.40. The molecule has 1 aromatic carbocycles. The molecule has 182 valence electrons. The maximum Gasteiger partial charge on any atom is 0.181 e.